The molecule has 0 saturated heterocycles. The Bertz CT molecular complexity index is 480. The quantitative estimate of drug-likeness (QED) is 0.478. The van der Waals surface area contributed by atoms with Crippen molar-refractivity contribution >= 4 is 22.6 Å². The molecule has 0 fully saturated rings. The van der Waals surface area contributed by atoms with Crippen molar-refractivity contribution in [1.29, 1.82) is 0 Å². The van der Waals surface area contributed by atoms with Gasteiger partial charge in [0.1, 0.15) is 0 Å². The van der Waals surface area contributed by atoms with Crippen molar-refractivity contribution in [2.75, 3.05) is 4.43 Å². The molecule has 3 heteroatoms. The van der Waals surface area contributed by atoms with Crippen molar-refractivity contribution in [2.45, 2.75) is 6.42 Å². The van der Waals surface area contributed by atoms with Crippen LogP contribution in [0.5, 0.6) is 0 Å². The Morgan fingerprint density at radius 3 is 2.41 bits per heavy atom. The van der Waals surface area contributed by atoms with E-state index in [1.54, 1.807) is 12.1 Å². The van der Waals surface area contributed by atoms with E-state index in [1.165, 1.54) is 17.1 Å². The average molecular weight is 453 g/mol. The number of alkyl halides is 1. The van der Waals surface area contributed by atoms with Crippen molar-refractivity contribution in [3.8, 4) is 0 Å². The number of hydrogen-bond acceptors (Lipinski definition) is 0. The van der Waals surface area contributed by atoms with E-state index in [0.29, 0.717) is 0 Å². The van der Waals surface area contributed by atoms with Crippen molar-refractivity contribution in [1.82, 2.24) is 0 Å². The topological polar surface area (TPSA) is 0 Å². The predicted octanol–water partition coefficient (Wildman–Crippen LogP) is 0.932. The normalized spacial score (nSPS) is 10.7. The van der Waals surface area contributed by atoms with Crippen LogP contribution in [-0.2, 0) is 6.42 Å². The van der Waals surface area contributed by atoms with E-state index in [4.69, 9.17) is 0 Å². The Balaban J connectivity index is 1.88. The van der Waals surface area contributed by atoms with Crippen LogP contribution in [0.4, 0.5) is 4.39 Å². The summed E-state index contributed by atoms with van der Waals surface area (Å²) in [4.78, 5) is 0. The van der Waals surface area contributed by atoms with Crippen LogP contribution in [0, 0.1) is 13.0 Å². The van der Waals surface area contributed by atoms with Gasteiger partial charge in [0, 0.05) is 0 Å². The third-order valence-corrected chi connectivity index (χ3v) is 6.11. The second kappa shape index (κ2) is 6.68. The first-order valence-corrected chi connectivity index (χ1v) is 9.02. The standard InChI is InChI=1S/C14H12FI2/c15-12-5-7-13(8-6-12)17-10-9-11-3-1-2-4-14(11)16/h1-8H,9-10H2/q-1. The van der Waals surface area contributed by atoms with Gasteiger partial charge in [0.2, 0.25) is 0 Å². The first-order valence-electron chi connectivity index (χ1n) is 5.34. The second-order valence-electron chi connectivity index (χ2n) is 3.60. The van der Waals surface area contributed by atoms with Crippen molar-refractivity contribution in [3.63, 3.8) is 0 Å². The minimum absolute atomic E-state index is 0.00538. The molecule has 0 aliphatic heterocycles. The van der Waals surface area contributed by atoms with Gasteiger partial charge in [-0.15, -0.1) is 0 Å². The molecule has 0 unspecified atom stereocenters. The molecule has 0 radical (unpaired) electrons. The summed E-state index contributed by atoms with van der Waals surface area (Å²) < 4.78 is 16.6. The summed E-state index contributed by atoms with van der Waals surface area (Å²) in [6.07, 6.45) is 1.13. The summed E-state index contributed by atoms with van der Waals surface area (Å²) in [6.45, 7) is 0. The van der Waals surface area contributed by atoms with E-state index in [0.717, 1.165) is 6.42 Å². The molecule has 0 aliphatic carbocycles. The Morgan fingerprint density at radius 1 is 1.00 bits per heavy atom. The molecular weight excluding hydrogens is 441 g/mol. The van der Waals surface area contributed by atoms with Crippen LogP contribution in [0.15, 0.2) is 48.5 Å². The second-order valence-corrected chi connectivity index (χ2v) is 7.85. The molecule has 17 heavy (non-hydrogen) atoms. The summed E-state index contributed by atoms with van der Waals surface area (Å²) in [5, 5.41) is 0. The Morgan fingerprint density at radius 2 is 1.71 bits per heavy atom. The van der Waals surface area contributed by atoms with E-state index < -0.39 is 0 Å². The van der Waals surface area contributed by atoms with Crippen molar-refractivity contribution in [3.05, 3.63) is 67.1 Å². The maximum absolute atomic E-state index is 12.7. The molecule has 0 N–H and O–H groups in total. The third kappa shape index (κ3) is 4.21. The molecule has 2 rings (SSSR count). The van der Waals surface area contributed by atoms with E-state index in [2.05, 4.69) is 46.9 Å². The molecule has 90 valence electrons. The number of rotatable bonds is 4. The number of hydrogen-bond donors (Lipinski definition) is 0. The molecular formula is C14H12FI2-. The van der Waals surface area contributed by atoms with Crippen molar-refractivity contribution in [2.24, 2.45) is 0 Å². The summed E-state index contributed by atoms with van der Waals surface area (Å²) in [6, 6.07) is 15.4. The van der Waals surface area contributed by atoms with Gasteiger partial charge in [-0.1, -0.05) is 0 Å². The molecule has 0 spiro atoms. The molecule has 0 nitrogen and oxygen atoms in total. The molecule has 0 aromatic heterocycles. The average Bonchev–Trinajstić information content (AvgIpc) is 2.34. The zero-order chi connectivity index (χ0) is 12.1. The zero-order valence-electron chi connectivity index (χ0n) is 9.17. The minimum atomic E-state index is -0.143. The first-order chi connectivity index (χ1) is 8.25. The van der Waals surface area contributed by atoms with Gasteiger partial charge in [0.05, 0.1) is 0 Å². The van der Waals surface area contributed by atoms with Gasteiger partial charge in [-0.2, -0.15) is 0 Å². The summed E-state index contributed by atoms with van der Waals surface area (Å²) in [5.74, 6) is -0.143. The summed E-state index contributed by atoms with van der Waals surface area (Å²) >= 11 is 2.39. The van der Waals surface area contributed by atoms with Crippen LogP contribution in [0.1, 0.15) is 5.56 Å². The number of halogens is 3. The Hall–Kier alpha value is -0.170. The monoisotopic (exact) mass is 453 g/mol. The third-order valence-electron chi connectivity index (χ3n) is 2.37. The van der Waals surface area contributed by atoms with Crippen molar-refractivity contribution < 1.29 is 25.6 Å². The van der Waals surface area contributed by atoms with Crippen LogP contribution in [0.2, 0.25) is 0 Å². The zero-order valence-corrected chi connectivity index (χ0v) is 13.5. The Kier molecular flexibility index (Phi) is 5.21. The van der Waals surface area contributed by atoms with Gasteiger partial charge >= 0.3 is 126 Å². The van der Waals surface area contributed by atoms with Crippen LogP contribution >= 0.6 is 22.6 Å². The van der Waals surface area contributed by atoms with Gasteiger partial charge < -0.3 is 0 Å². The first kappa shape index (κ1) is 13.3. The van der Waals surface area contributed by atoms with E-state index in [1.807, 2.05) is 12.1 Å². The Labute approximate surface area is 125 Å². The molecule has 0 aliphatic rings. The van der Waals surface area contributed by atoms with Gasteiger partial charge in [-0.25, -0.2) is 0 Å². The molecule has 0 saturated carbocycles. The molecule has 2 aromatic carbocycles. The van der Waals surface area contributed by atoms with Crippen LogP contribution in [0.25, 0.3) is 0 Å². The van der Waals surface area contributed by atoms with Crippen LogP contribution < -0.4 is 21.2 Å². The fourth-order valence-corrected chi connectivity index (χ4v) is 4.48. The van der Waals surface area contributed by atoms with E-state index in [9.17, 15) is 4.39 Å². The molecule has 2 aromatic rings. The fraction of sp³-hybridized carbons (Fsp3) is 0.143. The van der Waals surface area contributed by atoms with E-state index in [-0.39, 0.29) is 27.0 Å². The van der Waals surface area contributed by atoms with Crippen LogP contribution in [-0.4, -0.2) is 4.43 Å². The maximum atomic E-state index is 12.7. The number of aryl methyl sites for hydroxylation is 1. The predicted molar refractivity (Wildman–Crippen MR) is 72.8 cm³/mol. The van der Waals surface area contributed by atoms with Gasteiger partial charge in [-0.05, 0) is 0 Å². The molecule has 0 amide bonds. The summed E-state index contributed by atoms with van der Waals surface area (Å²) in [7, 11) is 0. The molecule has 0 heterocycles. The van der Waals surface area contributed by atoms with Crippen LogP contribution in [0.3, 0.4) is 0 Å². The van der Waals surface area contributed by atoms with E-state index >= 15 is 0 Å². The molecule has 0 bridgehead atoms. The molecule has 0 atom stereocenters. The van der Waals surface area contributed by atoms with Gasteiger partial charge in [0.25, 0.3) is 0 Å². The number of benzene rings is 2. The van der Waals surface area contributed by atoms with Gasteiger partial charge in [-0.3, -0.25) is 0 Å². The van der Waals surface area contributed by atoms with Gasteiger partial charge in [0.15, 0.2) is 0 Å². The SMILES string of the molecule is Fc1ccc([I-]CCc2ccccc2I)cc1. The summed E-state index contributed by atoms with van der Waals surface area (Å²) in [5.41, 5.74) is 1.43. The fourth-order valence-electron chi connectivity index (χ4n) is 1.48.